The van der Waals surface area contributed by atoms with E-state index in [1.807, 2.05) is 0 Å². The molecule has 0 unspecified atom stereocenters. The van der Waals surface area contributed by atoms with Gasteiger partial charge in [0, 0.05) is 6.42 Å². The number of halogens is 4. The van der Waals surface area contributed by atoms with Crippen molar-refractivity contribution in [1.29, 1.82) is 0 Å². The first-order valence-corrected chi connectivity index (χ1v) is 7.06. The van der Waals surface area contributed by atoms with Gasteiger partial charge in [-0.15, -0.1) is 4.13 Å². The number of sulfonamides is 2. The largest absolute Gasteiger partial charge is 0.421 e. The zero-order valence-corrected chi connectivity index (χ0v) is 9.22. The Hall–Kier alpha value is -0.420. The molecule has 0 atom stereocenters. The van der Waals surface area contributed by atoms with Crippen molar-refractivity contribution in [3.63, 3.8) is 0 Å². The molecule has 1 aliphatic heterocycles. The summed E-state index contributed by atoms with van der Waals surface area (Å²) in [5, 5.41) is -5.45. The van der Waals surface area contributed by atoms with Crippen LogP contribution >= 0.6 is 0 Å². The Morgan fingerprint density at radius 3 is 2.00 bits per heavy atom. The highest BCUT2D eigenvalue weighted by atomic mass is 32.3. The van der Waals surface area contributed by atoms with Crippen molar-refractivity contribution < 1.29 is 34.4 Å². The molecule has 96 valence electrons. The molecule has 1 aliphatic rings. The Morgan fingerprint density at radius 1 is 1.00 bits per heavy atom. The molecule has 0 bridgehead atoms. The van der Waals surface area contributed by atoms with Gasteiger partial charge in [0.25, 0.3) is 10.0 Å². The molecule has 0 saturated carbocycles. The number of hydrogen-bond donors (Lipinski definition) is 1. The number of nitrogens with one attached hydrogen (secondary N) is 1. The van der Waals surface area contributed by atoms with Crippen molar-refractivity contribution in [3.05, 3.63) is 0 Å². The van der Waals surface area contributed by atoms with Gasteiger partial charge in [-0.05, 0) is 6.42 Å². The second-order valence-corrected chi connectivity index (χ2v) is 7.05. The van der Waals surface area contributed by atoms with Gasteiger partial charge in [0.1, 0.15) is 0 Å². The highest BCUT2D eigenvalue weighted by Gasteiger charge is 2.66. The van der Waals surface area contributed by atoms with E-state index in [-0.39, 0.29) is 0 Å². The first-order chi connectivity index (χ1) is 6.91. The number of hydrogen-bond acceptors (Lipinski definition) is 4. The highest BCUT2D eigenvalue weighted by molar-refractivity contribution is 8.05. The summed E-state index contributed by atoms with van der Waals surface area (Å²) in [6.45, 7) is 0. The van der Waals surface area contributed by atoms with Gasteiger partial charge in [-0.2, -0.15) is 17.6 Å². The van der Waals surface area contributed by atoms with Crippen LogP contribution in [0.2, 0.25) is 0 Å². The van der Waals surface area contributed by atoms with E-state index in [1.54, 1.807) is 0 Å². The molecular formula is C5H7F4NO4S2. The molecule has 0 spiro atoms. The molecule has 11 heteroatoms. The topological polar surface area (TPSA) is 80.3 Å². The van der Waals surface area contributed by atoms with Gasteiger partial charge in [0.15, 0.2) is 0 Å². The van der Waals surface area contributed by atoms with Gasteiger partial charge in [0.05, 0.1) is 5.75 Å². The highest BCUT2D eigenvalue weighted by Crippen LogP contribution is 2.42. The lowest BCUT2D eigenvalue weighted by atomic mass is 10.2. The Bertz CT molecular complexity index is 483. The molecule has 0 aromatic carbocycles. The van der Waals surface area contributed by atoms with Crippen molar-refractivity contribution in [1.82, 2.24) is 4.13 Å². The normalized spacial score (nSPS) is 31.2. The van der Waals surface area contributed by atoms with Gasteiger partial charge in [-0.1, -0.05) is 0 Å². The summed E-state index contributed by atoms with van der Waals surface area (Å²) in [6, 6.07) is 0. The second-order valence-electron chi connectivity index (χ2n) is 3.23. The van der Waals surface area contributed by atoms with E-state index in [4.69, 9.17) is 0 Å². The maximum atomic E-state index is 12.9. The van der Waals surface area contributed by atoms with Crippen LogP contribution in [0.3, 0.4) is 0 Å². The fraction of sp³-hybridized carbons (Fsp3) is 1.00. The third-order valence-electron chi connectivity index (χ3n) is 1.90. The SMILES string of the molecule is O=S1(=O)CCCC(F)(F)C(F)(F)S(=O)(=O)N1. The fourth-order valence-corrected chi connectivity index (χ4v) is 4.20. The van der Waals surface area contributed by atoms with Crippen LogP contribution in [-0.4, -0.2) is 33.8 Å². The minimum absolute atomic E-state index is 0.595. The van der Waals surface area contributed by atoms with E-state index in [9.17, 15) is 34.4 Å². The molecule has 1 heterocycles. The van der Waals surface area contributed by atoms with E-state index in [2.05, 4.69) is 0 Å². The van der Waals surface area contributed by atoms with E-state index in [1.165, 1.54) is 0 Å². The van der Waals surface area contributed by atoms with Crippen LogP contribution in [0.4, 0.5) is 17.6 Å². The quantitative estimate of drug-likeness (QED) is 0.647. The summed E-state index contributed by atoms with van der Waals surface area (Å²) < 4.78 is 95.3. The predicted molar refractivity (Wildman–Crippen MR) is 45.0 cm³/mol. The Kier molecular flexibility index (Phi) is 3.01. The Balaban J connectivity index is 3.32. The summed E-state index contributed by atoms with van der Waals surface area (Å²) in [4.78, 5) is 0. The molecule has 0 radical (unpaired) electrons. The van der Waals surface area contributed by atoms with Crippen LogP contribution in [0.1, 0.15) is 12.8 Å². The van der Waals surface area contributed by atoms with Crippen molar-refractivity contribution in [2.45, 2.75) is 24.0 Å². The zero-order chi connectivity index (χ0) is 12.8. The maximum absolute atomic E-state index is 12.9. The lowest BCUT2D eigenvalue weighted by Crippen LogP contribution is -2.55. The molecule has 16 heavy (non-hydrogen) atoms. The molecule has 1 saturated heterocycles. The molecule has 1 N–H and O–H groups in total. The average Bonchev–Trinajstić information content (AvgIpc) is 1.98. The van der Waals surface area contributed by atoms with Crippen LogP contribution in [0.25, 0.3) is 0 Å². The van der Waals surface area contributed by atoms with Crippen molar-refractivity contribution >= 4 is 20.0 Å². The van der Waals surface area contributed by atoms with Crippen molar-refractivity contribution in [2.24, 2.45) is 0 Å². The molecule has 0 aliphatic carbocycles. The van der Waals surface area contributed by atoms with Gasteiger partial charge in [-0.3, -0.25) is 0 Å². The molecule has 0 aromatic rings. The summed E-state index contributed by atoms with van der Waals surface area (Å²) in [7, 11) is -10.5. The smallest absolute Gasteiger partial charge is 0.211 e. The monoisotopic (exact) mass is 285 g/mol. The molecule has 0 aromatic heterocycles. The summed E-state index contributed by atoms with van der Waals surface area (Å²) in [5.74, 6) is -5.74. The number of rotatable bonds is 0. The van der Waals surface area contributed by atoms with E-state index in [0.29, 0.717) is 4.13 Å². The first-order valence-electron chi connectivity index (χ1n) is 3.93. The lowest BCUT2D eigenvalue weighted by Gasteiger charge is -2.28. The Morgan fingerprint density at radius 2 is 1.50 bits per heavy atom. The zero-order valence-electron chi connectivity index (χ0n) is 7.58. The second kappa shape index (κ2) is 3.53. The minimum Gasteiger partial charge on any atom is -0.211 e. The summed E-state index contributed by atoms with van der Waals surface area (Å²) >= 11 is 0. The molecule has 0 amide bonds. The standard InChI is InChI=1S/C5H7F4NO4S2/c6-4(7)2-1-3-15(11,12)10-16(13,14)5(4,8)9/h10H,1-3H2. The van der Waals surface area contributed by atoms with Crippen LogP contribution in [-0.2, 0) is 20.0 Å². The van der Waals surface area contributed by atoms with E-state index < -0.39 is 49.8 Å². The lowest BCUT2D eigenvalue weighted by molar-refractivity contribution is -0.161. The summed E-state index contributed by atoms with van der Waals surface area (Å²) in [5.41, 5.74) is 0. The maximum Gasteiger partial charge on any atom is 0.421 e. The minimum atomic E-state index is -5.96. The van der Waals surface area contributed by atoms with Gasteiger partial charge in [0.2, 0.25) is 10.0 Å². The fourth-order valence-electron chi connectivity index (χ4n) is 1.09. The van der Waals surface area contributed by atoms with Gasteiger partial charge in [-0.25, -0.2) is 16.8 Å². The van der Waals surface area contributed by atoms with Gasteiger partial charge < -0.3 is 0 Å². The van der Waals surface area contributed by atoms with E-state index >= 15 is 0 Å². The number of alkyl halides is 4. The van der Waals surface area contributed by atoms with Crippen molar-refractivity contribution in [3.8, 4) is 0 Å². The first kappa shape index (κ1) is 13.6. The molecule has 5 nitrogen and oxygen atoms in total. The van der Waals surface area contributed by atoms with Gasteiger partial charge >= 0.3 is 11.2 Å². The Labute approximate surface area is 88.9 Å². The molecular weight excluding hydrogens is 278 g/mol. The van der Waals surface area contributed by atoms with Crippen LogP contribution in [0.15, 0.2) is 0 Å². The molecule has 1 fully saturated rings. The van der Waals surface area contributed by atoms with E-state index in [0.717, 1.165) is 0 Å². The van der Waals surface area contributed by atoms with Crippen LogP contribution < -0.4 is 4.13 Å². The predicted octanol–water partition coefficient (Wildman–Crippen LogP) is 0.258. The van der Waals surface area contributed by atoms with Crippen molar-refractivity contribution in [2.75, 3.05) is 5.75 Å². The van der Waals surface area contributed by atoms with Crippen LogP contribution in [0, 0.1) is 0 Å². The third kappa shape index (κ3) is 2.15. The third-order valence-corrected chi connectivity index (χ3v) is 5.60. The van der Waals surface area contributed by atoms with Crippen LogP contribution in [0.5, 0.6) is 0 Å². The average molecular weight is 285 g/mol. The molecule has 1 rings (SSSR count). The summed E-state index contributed by atoms with van der Waals surface area (Å²) in [6.07, 6.45) is -2.27.